The van der Waals surface area contributed by atoms with E-state index in [0.29, 0.717) is 21.8 Å². The molecule has 0 aliphatic carbocycles. The lowest BCUT2D eigenvalue weighted by Crippen LogP contribution is -2.36. The van der Waals surface area contributed by atoms with Crippen molar-refractivity contribution in [3.63, 3.8) is 0 Å². The predicted molar refractivity (Wildman–Crippen MR) is 128 cm³/mol. The Bertz CT molecular complexity index is 1170. The maximum atomic E-state index is 13.0. The number of carbonyl (C=O) groups excluding carboxylic acids is 1. The molecule has 166 valence electrons. The average Bonchev–Trinajstić information content (AvgIpc) is 2.88. The Labute approximate surface area is 197 Å². The van der Waals surface area contributed by atoms with E-state index < -0.39 is 6.23 Å². The van der Waals surface area contributed by atoms with Gasteiger partial charge in [-0.2, -0.15) is 4.98 Å². The second kappa shape index (κ2) is 9.46. The van der Waals surface area contributed by atoms with Crippen LogP contribution in [0.5, 0.6) is 5.88 Å². The van der Waals surface area contributed by atoms with E-state index in [1.807, 2.05) is 44.2 Å². The molecule has 8 heteroatoms. The SMILES string of the molecule is CCCCSc1nnc2c(n1)OC(c1cccc(Cl)c1)N(C(C)=O)c1c(C)cc(C)cc1-2. The van der Waals surface area contributed by atoms with Crippen LogP contribution in [-0.4, -0.2) is 26.8 Å². The number of unbranched alkanes of at least 4 members (excludes halogenated alkanes) is 1. The van der Waals surface area contributed by atoms with Gasteiger partial charge in [0.15, 0.2) is 5.69 Å². The summed E-state index contributed by atoms with van der Waals surface area (Å²) in [6.45, 7) is 7.68. The van der Waals surface area contributed by atoms with Crippen LogP contribution in [0.4, 0.5) is 5.69 Å². The van der Waals surface area contributed by atoms with E-state index >= 15 is 0 Å². The van der Waals surface area contributed by atoms with Crippen LogP contribution in [0.2, 0.25) is 5.02 Å². The van der Waals surface area contributed by atoms with Gasteiger partial charge in [0.1, 0.15) is 0 Å². The van der Waals surface area contributed by atoms with Crippen LogP contribution >= 0.6 is 23.4 Å². The first-order valence-electron chi connectivity index (χ1n) is 10.6. The van der Waals surface area contributed by atoms with E-state index in [4.69, 9.17) is 21.3 Å². The van der Waals surface area contributed by atoms with E-state index in [9.17, 15) is 4.79 Å². The molecule has 0 saturated heterocycles. The van der Waals surface area contributed by atoms with Gasteiger partial charge in [-0.3, -0.25) is 9.69 Å². The van der Waals surface area contributed by atoms with E-state index in [1.165, 1.54) is 6.92 Å². The number of hydrogen-bond donors (Lipinski definition) is 0. The van der Waals surface area contributed by atoms with Crippen LogP contribution in [0, 0.1) is 13.8 Å². The minimum absolute atomic E-state index is 0.151. The number of fused-ring (bicyclic) bond motifs is 3. The molecule has 0 radical (unpaired) electrons. The molecule has 32 heavy (non-hydrogen) atoms. The summed E-state index contributed by atoms with van der Waals surface area (Å²) in [6.07, 6.45) is 1.42. The van der Waals surface area contributed by atoms with Gasteiger partial charge in [0, 0.05) is 28.8 Å². The summed E-state index contributed by atoms with van der Waals surface area (Å²) in [7, 11) is 0. The Morgan fingerprint density at radius 1 is 1.22 bits per heavy atom. The topological polar surface area (TPSA) is 68.2 Å². The highest BCUT2D eigenvalue weighted by Crippen LogP contribution is 2.45. The van der Waals surface area contributed by atoms with Crippen LogP contribution in [0.1, 0.15) is 49.6 Å². The van der Waals surface area contributed by atoms with Crippen LogP contribution in [0.25, 0.3) is 11.3 Å². The summed E-state index contributed by atoms with van der Waals surface area (Å²) in [5.41, 5.74) is 4.81. The summed E-state index contributed by atoms with van der Waals surface area (Å²) in [6, 6.07) is 11.4. The summed E-state index contributed by atoms with van der Waals surface area (Å²) >= 11 is 7.83. The number of thioether (sulfide) groups is 1. The monoisotopic (exact) mass is 468 g/mol. The minimum Gasteiger partial charge on any atom is -0.447 e. The Morgan fingerprint density at radius 2 is 2.03 bits per heavy atom. The third-order valence-electron chi connectivity index (χ3n) is 5.24. The fourth-order valence-corrected chi connectivity index (χ4v) is 4.91. The number of carbonyl (C=O) groups is 1. The van der Waals surface area contributed by atoms with Gasteiger partial charge >= 0.3 is 0 Å². The minimum atomic E-state index is -0.738. The van der Waals surface area contributed by atoms with Gasteiger partial charge in [0.2, 0.25) is 23.2 Å². The van der Waals surface area contributed by atoms with Crippen molar-refractivity contribution in [3.8, 4) is 17.1 Å². The molecular formula is C24H25ClN4O2S. The van der Waals surface area contributed by atoms with Gasteiger partial charge in [-0.15, -0.1) is 10.2 Å². The largest absolute Gasteiger partial charge is 0.447 e. The number of ether oxygens (including phenoxy) is 1. The average molecular weight is 469 g/mol. The van der Waals surface area contributed by atoms with Crippen LogP contribution < -0.4 is 9.64 Å². The predicted octanol–water partition coefficient (Wildman–Crippen LogP) is 6.15. The molecule has 3 aromatic rings. The lowest BCUT2D eigenvalue weighted by molar-refractivity contribution is -0.118. The lowest BCUT2D eigenvalue weighted by atomic mass is 10.00. The van der Waals surface area contributed by atoms with Crippen LogP contribution in [0.15, 0.2) is 41.6 Å². The smallest absolute Gasteiger partial charge is 0.247 e. The fraction of sp³-hybridized carbons (Fsp3) is 0.333. The fourth-order valence-electron chi connectivity index (χ4n) is 3.85. The molecule has 1 aliphatic rings. The summed E-state index contributed by atoms with van der Waals surface area (Å²) in [5.74, 6) is 1.11. The number of amides is 1. The highest BCUT2D eigenvalue weighted by atomic mass is 35.5. The van der Waals surface area contributed by atoms with Crippen molar-refractivity contribution in [1.29, 1.82) is 0 Å². The molecule has 1 aliphatic heterocycles. The number of hydrogen-bond acceptors (Lipinski definition) is 6. The Morgan fingerprint density at radius 3 is 2.75 bits per heavy atom. The number of nitrogens with zero attached hydrogens (tertiary/aromatic N) is 4. The van der Waals surface area contributed by atoms with Crippen LogP contribution in [-0.2, 0) is 4.79 Å². The summed E-state index contributed by atoms with van der Waals surface area (Å²) in [5, 5.41) is 9.97. The number of rotatable bonds is 5. The normalized spacial score (nSPS) is 14.9. The Kier molecular flexibility index (Phi) is 6.67. The van der Waals surface area contributed by atoms with Crippen molar-refractivity contribution in [2.75, 3.05) is 10.7 Å². The first-order valence-corrected chi connectivity index (χ1v) is 12.0. The molecular weight excluding hydrogens is 444 g/mol. The number of aromatic nitrogens is 3. The second-order valence-corrected chi connectivity index (χ2v) is 9.34. The van der Waals surface area contributed by atoms with Crippen molar-refractivity contribution in [1.82, 2.24) is 15.2 Å². The highest BCUT2D eigenvalue weighted by molar-refractivity contribution is 7.99. The first-order chi connectivity index (χ1) is 15.4. The molecule has 0 N–H and O–H groups in total. The molecule has 6 nitrogen and oxygen atoms in total. The van der Waals surface area contributed by atoms with Gasteiger partial charge in [-0.1, -0.05) is 60.5 Å². The second-order valence-electron chi connectivity index (χ2n) is 7.84. The molecule has 1 amide bonds. The molecule has 0 bridgehead atoms. The molecule has 1 atom stereocenters. The highest BCUT2D eigenvalue weighted by Gasteiger charge is 2.36. The van der Waals surface area contributed by atoms with Gasteiger partial charge < -0.3 is 4.74 Å². The zero-order valence-electron chi connectivity index (χ0n) is 18.6. The molecule has 1 unspecified atom stereocenters. The maximum absolute atomic E-state index is 13.0. The number of benzene rings is 2. The van der Waals surface area contributed by atoms with E-state index in [2.05, 4.69) is 17.1 Å². The van der Waals surface area contributed by atoms with Crippen molar-refractivity contribution in [3.05, 3.63) is 58.1 Å². The zero-order valence-corrected chi connectivity index (χ0v) is 20.1. The van der Waals surface area contributed by atoms with Gasteiger partial charge in [0.25, 0.3) is 0 Å². The molecule has 0 saturated carbocycles. The standard InChI is InChI=1S/C24H25ClN4O2S/c1-5-6-10-32-24-26-22-20(27-28-24)19-12-14(2)11-15(3)21(19)29(16(4)30)23(31-22)17-8-7-9-18(25)13-17/h7-9,11-13,23H,5-6,10H2,1-4H3. The summed E-state index contributed by atoms with van der Waals surface area (Å²) in [4.78, 5) is 19.3. The van der Waals surface area contributed by atoms with E-state index in [0.717, 1.165) is 46.5 Å². The Hall–Kier alpha value is -2.64. The molecule has 2 aromatic carbocycles. The van der Waals surface area contributed by atoms with E-state index in [1.54, 1.807) is 22.7 Å². The van der Waals surface area contributed by atoms with Gasteiger partial charge in [0.05, 0.1) is 5.69 Å². The van der Waals surface area contributed by atoms with Gasteiger partial charge in [-0.25, -0.2) is 0 Å². The number of halogens is 1. The Balaban J connectivity index is 1.93. The molecule has 0 fully saturated rings. The third kappa shape index (κ3) is 4.45. The first kappa shape index (κ1) is 22.6. The van der Waals surface area contributed by atoms with Crippen molar-refractivity contribution >= 4 is 35.0 Å². The molecule has 1 aromatic heterocycles. The van der Waals surface area contributed by atoms with Crippen molar-refractivity contribution in [2.45, 2.75) is 51.9 Å². The third-order valence-corrected chi connectivity index (χ3v) is 6.40. The number of aryl methyl sites for hydroxylation is 2. The zero-order chi connectivity index (χ0) is 22.8. The number of anilines is 1. The quantitative estimate of drug-likeness (QED) is 0.330. The van der Waals surface area contributed by atoms with Crippen LogP contribution in [0.3, 0.4) is 0 Å². The lowest BCUT2D eigenvalue weighted by Gasteiger charge is -2.31. The molecule has 2 heterocycles. The van der Waals surface area contributed by atoms with Crippen molar-refractivity contribution in [2.24, 2.45) is 0 Å². The van der Waals surface area contributed by atoms with Crippen molar-refractivity contribution < 1.29 is 9.53 Å². The maximum Gasteiger partial charge on any atom is 0.247 e. The van der Waals surface area contributed by atoms with Gasteiger partial charge in [-0.05, 0) is 44.0 Å². The van der Waals surface area contributed by atoms with E-state index in [-0.39, 0.29) is 5.91 Å². The molecule has 0 spiro atoms. The summed E-state index contributed by atoms with van der Waals surface area (Å²) < 4.78 is 6.42. The molecule has 4 rings (SSSR count).